The molecule has 0 unspecified atom stereocenters. The van der Waals surface area contributed by atoms with E-state index in [1.807, 2.05) is 43.3 Å². The fourth-order valence-electron chi connectivity index (χ4n) is 2.43. The summed E-state index contributed by atoms with van der Waals surface area (Å²) in [6.07, 6.45) is 1.57. The topological polar surface area (TPSA) is 70.6 Å². The zero-order chi connectivity index (χ0) is 19.9. The second kappa shape index (κ2) is 9.10. The zero-order valence-electron chi connectivity index (χ0n) is 15.1. The highest BCUT2D eigenvalue weighted by molar-refractivity contribution is 9.10. The lowest BCUT2D eigenvalue weighted by Crippen LogP contribution is -2.17. The van der Waals surface area contributed by atoms with Gasteiger partial charge >= 0.3 is 0 Å². The first-order valence-corrected chi connectivity index (χ1v) is 9.37. The molecule has 2 N–H and O–H groups in total. The van der Waals surface area contributed by atoms with Gasteiger partial charge in [-0.05, 0) is 61.0 Å². The number of anilines is 1. The number of nitrogens with zero attached hydrogens (tertiary/aromatic N) is 1. The second-order valence-corrected chi connectivity index (χ2v) is 7.07. The molecule has 2 amide bonds. The highest BCUT2D eigenvalue weighted by Gasteiger charge is 2.07. The largest absolute Gasteiger partial charge is 0.322 e. The Hall–Kier alpha value is -3.25. The number of carbonyl (C=O) groups is 2. The van der Waals surface area contributed by atoms with Crippen LogP contribution in [0.5, 0.6) is 0 Å². The normalized spacial score (nSPS) is 10.6. The average Bonchev–Trinajstić information content (AvgIpc) is 2.69. The number of amides is 2. The molecule has 0 saturated carbocycles. The summed E-state index contributed by atoms with van der Waals surface area (Å²) in [5.74, 6) is -0.529. The summed E-state index contributed by atoms with van der Waals surface area (Å²) in [6.45, 7) is 1.97. The van der Waals surface area contributed by atoms with Crippen LogP contribution >= 0.6 is 15.9 Å². The maximum absolute atomic E-state index is 12.2. The minimum absolute atomic E-state index is 0.198. The predicted octanol–water partition coefficient (Wildman–Crippen LogP) is 4.77. The number of benzene rings is 3. The number of halogens is 1. The number of nitrogens with one attached hydrogen (secondary N) is 2. The maximum atomic E-state index is 12.2. The van der Waals surface area contributed by atoms with E-state index in [1.54, 1.807) is 42.6 Å². The van der Waals surface area contributed by atoms with Crippen LogP contribution in [0.1, 0.15) is 31.8 Å². The van der Waals surface area contributed by atoms with E-state index < -0.39 is 0 Å². The predicted molar refractivity (Wildman–Crippen MR) is 115 cm³/mol. The van der Waals surface area contributed by atoms with Gasteiger partial charge in [-0.1, -0.05) is 45.8 Å². The van der Waals surface area contributed by atoms with E-state index in [4.69, 9.17) is 0 Å². The molecule has 140 valence electrons. The van der Waals surface area contributed by atoms with Gasteiger partial charge in [0.15, 0.2) is 0 Å². The summed E-state index contributed by atoms with van der Waals surface area (Å²) >= 11 is 3.38. The Bertz CT molecular complexity index is 1010. The van der Waals surface area contributed by atoms with Crippen molar-refractivity contribution in [2.24, 2.45) is 5.10 Å². The van der Waals surface area contributed by atoms with Crippen LogP contribution in [0, 0.1) is 6.92 Å². The van der Waals surface area contributed by atoms with Crippen LogP contribution in [0.2, 0.25) is 0 Å². The van der Waals surface area contributed by atoms with Gasteiger partial charge in [0.1, 0.15) is 0 Å². The number of aryl methyl sites for hydroxylation is 1. The van der Waals surface area contributed by atoms with E-state index in [9.17, 15) is 9.59 Å². The molecule has 0 heterocycles. The minimum Gasteiger partial charge on any atom is -0.322 e. The molecule has 0 radical (unpaired) electrons. The molecule has 3 rings (SSSR count). The van der Waals surface area contributed by atoms with Gasteiger partial charge in [-0.15, -0.1) is 0 Å². The molecule has 0 aliphatic rings. The molecule has 0 saturated heterocycles. The molecule has 0 atom stereocenters. The van der Waals surface area contributed by atoms with Crippen LogP contribution in [0.15, 0.2) is 82.4 Å². The van der Waals surface area contributed by atoms with E-state index in [1.165, 1.54) is 0 Å². The summed E-state index contributed by atoms with van der Waals surface area (Å²) in [6, 6.07) is 21.5. The highest BCUT2D eigenvalue weighted by atomic mass is 79.9. The summed E-state index contributed by atoms with van der Waals surface area (Å²) in [7, 11) is 0. The third-order valence-corrected chi connectivity index (χ3v) is 4.44. The van der Waals surface area contributed by atoms with Gasteiger partial charge < -0.3 is 5.32 Å². The molecule has 5 nitrogen and oxygen atoms in total. The van der Waals surface area contributed by atoms with Gasteiger partial charge in [0.25, 0.3) is 11.8 Å². The fourth-order valence-corrected chi connectivity index (χ4v) is 2.85. The van der Waals surface area contributed by atoms with Crippen molar-refractivity contribution in [2.45, 2.75) is 6.92 Å². The first-order valence-electron chi connectivity index (χ1n) is 8.58. The first-order chi connectivity index (χ1) is 13.5. The molecular weight excluding hydrogens is 418 g/mol. The quantitative estimate of drug-likeness (QED) is 0.447. The highest BCUT2D eigenvalue weighted by Crippen LogP contribution is 2.13. The molecule has 3 aromatic rings. The van der Waals surface area contributed by atoms with Crippen molar-refractivity contribution in [1.29, 1.82) is 0 Å². The molecule has 0 aliphatic carbocycles. The van der Waals surface area contributed by atoms with Crippen molar-refractivity contribution in [1.82, 2.24) is 5.43 Å². The third kappa shape index (κ3) is 5.37. The van der Waals surface area contributed by atoms with E-state index >= 15 is 0 Å². The van der Waals surface area contributed by atoms with E-state index in [0.29, 0.717) is 16.8 Å². The summed E-state index contributed by atoms with van der Waals surface area (Å²) < 4.78 is 0.936. The molecule has 6 heteroatoms. The molecule has 0 aliphatic heterocycles. The van der Waals surface area contributed by atoms with Crippen LogP contribution in [-0.4, -0.2) is 18.0 Å². The molecule has 0 aromatic heterocycles. The van der Waals surface area contributed by atoms with Gasteiger partial charge in [0.05, 0.1) is 6.21 Å². The van der Waals surface area contributed by atoms with Crippen LogP contribution in [0.4, 0.5) is 5.69 Å². The smallest absolute Gasteiger partial charge is 0.271 e. The Morgan fingerprint density at radius 2 is 1.54 bits per heavy atom. The van der Waals surface area contributed by atoms with E-state index in [-0.39, 0.29) is 11.8 Å². The van der Waals surface area contributed by atoms with Gasteiger partial charge in [0, 0.05) is 21.3 Å². The van der Waals surface area contributed by atoms with Crippen molar-refractivity contribution >= 4 is 39.6 Å². The van der Waals surface area contributed by atoms with E-state index in [2.05, 4.69) is 31.8 Å². The van der Waals surface area contributed by atoms with Crippen molar-refractivity contribution in [3.05, 3.63) is 99.5 Å². The number of rotatable bonds is 5. The standard InChI is InChI=1S/C22H18BrN3O2/c1-15-5-7-17(8-6-15)21(27)25-20-11-9-18(10-12-20)22(28)26-24-14-16-3-2-4-19(23)13-16/h2-14H,1H3,(H,25,27)(H,26,28)/b24-14-. The van der Waals surface area contributed by atoms with Gasteiger partial charge in [-0.25, -0.2) is 5.43 Å². The van der Waals surface area contributed by atoms with Gasteiger partial charge in [-0.3, -0.25) is 9.59 Å². The SMILES string of the molecule is Cc1ccc(C(=O)Nc2ccc(C(=O)N/N=C\c3cccc(Br)c3)cc2)cc1. The first kappa shape index (κ1) is 19.5. The lowest BCUT2D eigenvalue weighted by atomic mass is 10.1. The van der Waals surface area contributed by atoms with Crippen LogP contribution < -0.4 is 10.7 Å². The Kier molecular flexibility index (Phi) is 6.34. The lowest BCUT2D eigenvalue weighted by molar-refractivity contribution is 0.0954. The maximum Gasteiger partial charge on any atom is 0.271 e. The Balaban J connectivity index is 1.58. The Morgan fingerprint density at radius 3 is 2.21 bits per heavy atom. The number of hydrogen-bond donors (Lipinski definition) is 2. The van der Waals surface area contributed by atoms with Crippen molar-refractivity contribution in [3.63, 3.8) is 0 Å². The molecule has 0 bridgehead atoms. The van der Waals surface area contributed by atoms with Crippen molar-refractivity contribution in [2.75, 3.05) is 5.32 Å². The second-order valence-electron chi connectivity index (χ2n) is 6.15. The van der Waals surface area contributed by atoms with Crippen LogP contribution in [0.3, 0.4) is 0 Å². The number of hydrogen-bond acceptors (Lipinski definition) is 3. The molecule has 0 fully saturated rings. The van der Waals surface area contributed by atoms with Gasteiger partial charge in [-0.2, -0.15) is 5.10 Å². The molecule has 0 spiro atoms. The third-order valence-electron chi connectivity index (χ3n) is 3.95. The average molecular weight is 436 g/mol. The van der Waals surface area contributed by atoms with Crippen molar-refractivity contribution < 1.29 is 9.59 Å². The van der Waals surface area contributed by atoms with Crippen LogP contribution in [-0.2, 0) is 0 Å². The molecular formula is C22H18BrN3O2. The summed E-state index contributed by atoms with van der Waals surface area (Å²) in [5.41, 5.74) is 6.08. The zero-order valence-corrected chi connectivity index (χ0v) is 16.7. The molecule has 28 heavy (non-hydrogen) atoms. The van der Waals surface area contributed by atoms with Gasteiger partial charge in [0.2, 0.25) is 0 Å². The monoisotopic (exact) mass is 435 g/mol. The number of carbonyl (C=O) groups excluding carboxylic acids is 2. The lowest BCUT2D eigenvalue weighted by Gasteiger charge is -2.06. The minimum atomic E-state index is -0.331. The number of hydrazone groups is 1. The molecule has 3 aromatic carbocycles. The Labute approximate surface area is 171 Å². The summed E-state index contributed by atoms with van der Waals surface area (Å²) in [5, 5.41) is 6.77. The fraction of sp³-hybridized carbons (Fsp3) is 0.0455. The Morgan fingerprint density at radius 1 is 0.893 bits per heavy atom. The van der Waals surface area contributed by atoms with Crippen LogP contribution in [0.25, 0.3) is 0 Å². The summed E-state index contributed by atoms with van der Waals surface area (Å²) in [4.78, 5) is 24.4. The van der Waals surface area contributed by atoms with Crippen molar-refractivity contribution in [3.8, 4) is 0 Å². The van der Waals surface area contributed by atoms with E-state index in [0.717, 1.165) is 15.6 Å².